The van der Waals surface area contributed by atoms with E-state index in [2.05, 4.69) is 15.5 Å². The zero-order valence-corrected chi connectivity index (χ0v) is 16.9. The Morgan fingerprint density at radius 3 is 2.57 bits per heavy atom. The summed E-state index contributed by atoms with van der Waals surface area (Å²) in [6, 6.07) is 5.09. The molecule has 0 aliphatic carbocycles. The number of alkyl halides is 2. The molecule has 30 heavy (non-hydrogen) atoms. The van der Waals surface area contributed by atoms with Crippen LogP contribution in [0.5, 0.6) is 0 Å². The third kappa shape index (κ3) is 4.57. The molecular weight excluding hydrogens is 445 g/mol. The molecule has 0 spiro atoms. The van der Waals surface area contributed by atoms with Crippen molar-refractivity contribution in [2.45, 2.75) is 26.4 Å². The maximum Gasteiger partial charge on any atom is 0.319 e. The van der Waals surface area contributed by atoms with Crippen molar-refractivity contribution >= 4 is 40.5 Å². The van der Waals surface area contributed by atoms with Gasteiger partial charge in [-0.15, -0.1) is 0 Å². The summed E-state index contributed by atoms with van der Waals surface area (Å²) >= 11 is 12.3. The minimum Gasteiger partial charge on any atom is -0.322 e. The quantitative estimate of drug-likeness (QED) is 0.420. The van der Waals surface area contributed by atoms with Gasteiger partial charge in [-0.05, 0) is 19.1 Å². The largest absolute Gasteiger partial charge is 0.322 e. The van der Waals surface area contributed by atoms with Crippen LogP contribution in [0.25, 0.3) is 0 Å². The van der Waals surface area contributed by atoms with Crippen molar-refractivity contribution in [1.29, 1.82) is 0 Å². The van der Waals surface area contributed by atoms with Crippen LogP contribution in [-0.4, -0.2) is 30.4 Å². The number of carbonyl (C=O) groups excluding carboxylic acids is 1. The monoisotopic (exact) mass is 458 g/mol. The summed E-state index contributed by atoms with van der Waals surface area (Å²) in [5, 5.41) is 22.1. The van der Waals surface area contributed by atoms with Gasteiger partial charge in [0.1, 0.15) is 12.2 Å². The number of carbonyl (C=O) groups is 1. The van der Waals surface area contributed by atoms with Crippen LogP contribution < -0.4 is 5.32 Å². The molecule has 1 aromatic carbocycles. The molecule has 0 unspecified atom stereocenters. The number of nitro groups is 1. The van der Waals surface area contributed by atoms with E-state index in [1.165, 1.54) is 24.0 Å². The van der Waals surface area contributed by atoms with E-state index in [1.54, 1.807) is 18.2 Å². The highest BCUT2D eigenvalue weighted by molar-refractivity contribution is 6.35. The third-order valence-electron chi connectivity index (χ3n) is 4.18. The first-order valence-electron chi connectivity index (χ1n) is 8.42. The third-order valence-corrected chi connectivity index (χ3v) is 4.89. The molecule has 1 amide bonds. The molecule has 0 radical (unpaired) electrons. The Hall–Kier alpha value is -3.05. The van der Waals surface area contributed by atoms with Crippen molar-refractivity contribution < 1.29 is 18.5 Å². The predicted molar refractivity (Wildman–Crippen MR) is 105 cm³/mol. The Morgan fingerprint density at radius 1 is 1.33 bits per heavy atom. The number of hydrogen-bond donors (Lipinski definition) is 1. The molecule has 0 atom stereocenters. The summed E-state index contributed by atoms with van der Waals surface area (Å²) in [6.07, 6.45) is -0.227. The fraction of sp³-hybridized carbons (Fsp3) is 0.235. The van der Waals surface area contributed by atoms with Crippen molar-refractivity contribution in [2.24, 2.45) is 0 Å². The highest BCUT2D eigenvalue weighted by Gasteiger charge is 2.31. The van der Waals surface area contributed by atoms with E-state index < -0.39 is 35.2 Å². The first-order chi connectivity index (χ1) is 14.2. The highest BCUT2D eigenvalue weighted by atomic mass is 35.5. The van der Waals surface area contributed by atoms with Crippen LogP contribution in [-0.2, 0) is 17.9 Å². The number of halogens is 4. The molecular formula is C17H14Cl2F2N6O3. The molecule has 0 aliphatic heterocycles. The first-order valence-corrected chi connectivity index (χ1v) is 9.18. The van der Waals surface area contributed by atoms with Gasteiger partial charge in [-0.1, -0.05) is 29.3 Å². The molecule has 0 aliphatic rings. The zero-order valence-electron chi connectivity index (χ0n) is 15.4. The highest BCUT2D eigenvalue weighted by Crippen LogP contribution is 2.30. The van der Waals surface area contributed by atoms with E-state index in [1.807, 2.05) is 0 Å². The molecule has 0 fully saturated rings. The van der Waals surface area contributed by atoms with Gasteiger partial charge in [0, 0.05) is 21.8 Å². The number of nitrogens with one attached hydrogen (secondary N) is 1. The van der Waals surface area contributed by atoms with E-state index in [4.69, 9.17) is 23.2 Å². The fourth-order valence-electron chi connectivity index (χ4n) is 2.78. The van der Waals surface area contributed by atoms with Gasteiger partial charge in [0.25, 0.3) is 6.43 Å². The Bertz CT molecular complexity index is 1090. The number of aromatic nitrogens is 4. The number of benzene rings is 1. The van der Waals surface area contributed by atoms with Crippen molar-refractivity contribution in [1.82, 2.24) is 19.6 Å². The summed E-state index contributed by atoms with van der Waals surface area (Å²) in [5.41, 5.74) is -0.941. The van der Waals surface area contributed by atoms with Gasteiger partial charge < -0.3 is 5.32 Å². The number of amides is 1. The molecule has 0 saturated heterocycles. The zero-order chi connectivity index (χ0) is 22.0. The molecule has 3 rings (SSSR count). The van der Waals surface area contributed by atoms with Crippen LogP contribution in [0.2, 0.25) is 10.0 Å². The summed E-state index contributed by atoms with van der Waals surface area (Å²) in [4.78, 5) is 22.3. The van der Waals surface area contributed by atoms with E-state index >= 15 is 0 Å². The molecule has 3 aromatic rings. The van der Waals surface area contributed by atoms with Crippen LogP contribution in [0, 0.1) is 17.0 Å². The Balaban J connectivity index is 1.71. The maximum atomic E-state index is 13.0. The lowest BCUT2D eigenvalue weighted by atomic mass is 10.2. The molecule has 13 heteroatoms. The maximum absolute atomic E-state index is 13.0. The Kier molecular flexibility index (Phi) is 6.32. The van der Waals surface area contributed by atoms with Gasteiger partial charge in [0.2, 0.25) is 11.6 Å². The van der Waals surface area contributed by atoms with Crippen molar-refractivity contribution in [3.63, 3.8) is 0 Å². The number of hydrogen-bond acceptors (Lipinski definition) is 5. The topological polar surface area (TPSA) is 108 Å². The fourth-order valence-corrected chi connectivity index (χ4v) is 3.30. The Morgan fingerprint density at radius 2 is 2.00 bits per heavy atom. The van der Waals surface area contributed by atoms with Gasteiger partial charge in [0.05, 0.1) is 23.4 Å². The van der Waals surface area contributed by atoms with Gasteiger partial charge in [-0.2, -0.15) is 10.2 Å². The molecule has 1 N–H and O–H groups in total. The van der Waals surface area contributed by atoms with Gasteiger partial charge >= 0.3 is 5.69 Å². The van der Waals surface area contributed by atoms with Gasteiger partial charge in [0.15, 0.2) is 0 Å². The smallest absolute Gasteiger partial charge is 0.319 e. The molecule has 9 nitrogen and oxygen atoms in total. The summed E-state index contributed by atoms with van der Waals surface area (Å²) in [7, 11) is 0. The first kappa shape index (κ1) is 21.7. The van der Waals surface area contributed by atoms with Gasteiger partial charge in [-0.25, -0.2) is 8.78 Å². The molecule has 0 bridgehead atoms. The van der Waals surface area contributed by atoms with E-state index in [-0.39, 0.29) is 12.2 Å². The molecule has 2 aromatic heterocycles. The average Bonchev–Trinajstić information content (AvgIpc) is 3.23. The lowest BCUT2D eigenvalue weighted by Gasteiger charge is -2.07. The number of rotatable bonds is 7. The minimum absolute atomic E-state index is 0.144. The Labute approximate surface area is 178 Å². The standard InChI is InChI=1S/C17H14Cl2F2N6O3/c1-9-16(27(29)30)15(17(20)21)24-26(9)8-14(28)23-10-5-22-25(6-10)7-11-12(18)3-2-4-13(11)19/h2-6,17H,7-8H2,1H3,(H,23,28). The molecule has 2 heterocycles. The lowest BCUT2D eigenvalue weighted by molar-refractivity contribution is -0.386. The van der Waals surface area contributed by atoms with Crippen LogP contribution in [0.3, 0.4) is 0 Å². The van der Waals surface area contributed by atoms with Crippen LogP contribution >= 0.6 is 23.2 Å². The SMILES string of the molecule is Cc1c([N+](=O)[O-])c(C(F)F)nn1CC(=O)Nc1cnn(Cc2c(Cl)cccc2Cl)c1. The van der Waals surface area contributed by atoms with Crippen LogP contribution in [0.15, 0.2) is 30.6 Å². The normalized spacial score (nSPS) is 11.1. The number of nitrogens with zero attached hydrogens (tertiary/aromatic N) is 5. The minimum atomic E-state index is -3.14. The molecule has 0 saturated carbocycles. The van der Waals surface area contributed by atoms with Crippen molar-refractivity contribution in [2.75, 3.05) is 5.32 Å². The second-order valence-corrected chi connectivity index (χ2v) is 7.02. The molecule has 158 valence electrons. The summed E-state index contributed by atoms with van der Waals surface area (Å²) in [6.45, 7) is 1.02. The second kappa shape index (κ2) is 8.76. The van der Waals surface area contributed by atoms with Gasteiger partial charge in [-0.3, -0.25) is 24.3 Å². The average molecular weight is 459 g/mol. The summed E-state index contributed by atoms with van der Waals surface area (Å²) < 4.78 is 28.4. The van der Waals surface area contributed by atoms with Crippen LogP contribution in [0.1, 0.15) is 23.4 Å². The van der Waals surface area contributed by atoms with Crippen molar-refractivity contribution in [3.8, 4) is 0 Å². The van der Waals surface area contributed by atoms with E-state index in [0.29, 0.717) is 21.3 Å². The predicted octanol–water partition coefficient (Wildman–Crippen LogP) is 4.23. The van der Waals surface area contributed by atoms with Crippen molar-refractivity contribution in [3.05, 3.63) is 67.7 Å². The van der Waals surface area contributed by atoms with Crippen LogP contribution in [0.4, 0.5) is 20.2 Å². The number of anilines is 1. The van der Waals surface area contributed by atoms with E-state index in [0.717, 1.165) is 4.68 Å². The summed E-state index contributed by atoms with van der Waals surface area (Å²) in [5.74, 6) is -0.619. The van der Waals surface area contributed by atoms with E-state index in [9.17, 15) is 23.7 Å². The lowest BCUT2D eigenvalue weighted by Crippen LogP contribution is -2.20. The second-order valence-electron chi connectivity index (χ2n) is 6.21.